The average Bonchev–Trinajstić information content (AvgIpc) is 2.75. The molecule has 3 rings (SSSR count). The average molecular weight is 350 g/mol. The Kier molecular flexibility index (Phi) is 5.97. The lowest BCUT2D eigenvalue weighted by atomic mass is 10.2. The molecule has 2 heterocycles. The number of carbonyl (C=O) groups is 1. The number of hydrogen-bond donors (Lipinski definition) is 1. The first-order valence-corrected chi connectivity index (χ1v) is 10.3. The fourth-order valence-corrected chi connectivity index (χ4v) is 4.99. The molecule has 1 aromatic heterocycles. The molecule has 124 valence electrons. The summed E-state index contributed by atoms with van der Waals surface area (Å²) in [6, 6.07) is 7.63. The van der Waals surface area contributed by atoms with Gasteiger partial charge in [0.2, 0.25) is 0 Å². The van der Waals surface area contributed by atoms with E-state index in [0.717, 1.165) is 22.4 Å². The Morgan fingerprint density at radius 1 is 1.17 bits per heavy atom. The molecule has 0 radical (unpaired) electrons. The van der Waals surface area contributed by atoms with Gasteiger partial charge in [-0.25, -0.2) is 0 Å². The van der Waals surface area contributed by atoms with Crippen LogP contribution in [0.3, 0.4) is 0 Å². The number of ketones is 1. The van der Waals surface area contributed by atoms with E-state index >= 15 is 0 Å². The highest BCUT2D eigenvalue weighted by molar-refractivity contribution is 8.00. The van der Waals surface area contributed by atoms with Crippen LogP contribution >= 0.6 is 23.1 Å². The number of thioether (sulfide) groups is 1. The van der Waals surface area contributed by atoms with Gasteiger partial charge in [-0.05, 0) is 38.1 Å². The maximum absolute atomic E-state index is 12.4. The van der Waals surface area contributed by atoms with E-state index in [-0.39, 0.29) is 11.5 Å². The van der Waals surface area contributed by atoms with Crippen LogP contribution < -0.4 is 0 Å². The molecule has 1 aliphatic heterocycles. The molecular weight excluding hydrogens is 326 g/mol. The van der Waals surface area contributed by atoms with E-state index in [4.69, 9.17) is 0 Å². The fraction of sp³-hybridized carbons (Fsp3) is 0.500. The summed E-state index contributed by atoms with van der Waals surface area (Å²) in [6.07, 6.45) is 5.32. The molecule has 0 saturated carbocycles. The number of carbonyl (C=O) groups excluding carboxylic acids is 1. The van der Waals surface area contributed by atoms with Crippen molar-refractivity contribution in [1.29, 1.82) is 0 Å². The van der Waals surface area contributed by atoms with Crippen LogP contribution in [0.2, 0.25) is 0 Å². The summed E-state index contributed by atoms with van der Waals surface area (Å²) in [7, 11) is 0. The molecule has 1 fully saturated rings. The minimum Gasteiger partial charge on any atom is -0.506 e. The van der Waals surface area contributed by atoms with Crippen molar-refractivity contribution in [3.05, 3.63) is 29.1 Å². The number of thiophene rings is 1. The van der Waals surface area contributed by atoms with Crippen molar-refractivity contribution in [3.63, 3.8) is 0 Å². The second-order valence-corrected chi connectivity index (χ2v) is 8.16. The van der Waals surface area contributed by atoms with Gasteiger partial charge >= 0.3 is 0 Å². The first-order chi connectivity index (χ1) is 11.3. The lowest BCUT2D eigenvalue weighted by Crippen LogP contribution is -2.27. The predicted molar refractivity (Wildman–Crippen MR) is 100 cm³/mol. The molecular formula is C18H23NO2S2. The highest BCUT2D eigenvalue weighted by atomic mass is 32.2. The number of likely N-dealkylation sites (tertiary alicyclic amines) is 1. The molecule has 1 saturated heterocycles. The van der Waals surface area contributed by atoms with E-state index < -0.39 is 0 Å². The molecule has 0 bridgehead atoms. The van der Waals surface area contributed by atoms with Crippen molar-refractivity contribution in [3.8, 4) is 5.75 Å². The van der Waals surface area contributed by atoms with Crippen molar-refractivity contribution >= 4 is 39.0 Å². The van der Waals surface area contributed by atoms with E-state index in [2.05, 4.69) is 4.90 Å². The second-order valence-electron chi connectivity index (χ2n) is 6.01. The van der Waals surface area contributed by atoms with Crippen LogP contribution in [0.15, 0.2) is 24.3 Å². The molecule has 1 aromatic carbocycles. The van der Waals surface area contributed by atoms with Gasteiger partial charge in [-0.1, -0.05) is 25.0 Å². The van der Waals surface area contributed by atoms with E-state index in [1.165, 1.54) is 50.1 Å². The number of aromatic hydroxyl groups is 1. The van der Waals surface area contributed by atoms with E-state index in [1.807, 2.05) is 24.3 Å². The van der Waals surface area contributed by atoms with E-state index in [1.54, 1.807) is 11.8 Å². The maximum atomic E-state index is 12.4. The van der Waals surface area contributed by atoms with Crippen molar-refractivity contribution < 1.29 is 9.90 Å². The predicted octanol–water partition coefficient (Wildman–Crippen LogP) is 4.40. The maximum Gasteiger partial charge on any atom is 0.186 e. The van der Waals surface area contributed by atoms with Crippen LogP contribution in [0.4, 0.5) is 0 Å². The summed E-state index contributed by atoms with van der Waals surface area (Å²) in [4.78, 5) is 15.4. The summed E-state index contributed by atoms with van der Waals surface area (Å²) in [5.41, 5.74) is 0. The summed E-state index contributed by atoms with van der Waals surface area (Å²) >= 11 is 3.08. The molecule has 0 atom stereocenters. The smallest absolute Gasteiger partial charge is 0.186 e. The Hall–Kier alpha value is -1.04. The molecule has 0 aliphatic carbocycles. The normalized spacial score (nSPS) is 16.5. The Bertz CT molecular complexity index is 660. The van der Waals surface area contributed by atoms with E-state index in [0.29, 0.717) is 10.6 Å². The van der Waals surface area contributed by atoms with Crippen LogP contribution in [0.1, 0.15) is 35.4 Å². The Morgan fingerprint density at radius 2 is 1.91 bits per heavy atom. The molecule has 0 spiro atoms. The van der Waals surface area contributed by atoms with Gasteiger partial charge in [0.25, 0.3) is 0 Å². The molecule has 2 aromatic rings. The standard InChI is InChI=1S/C18H23NO2S2/c20-15(13-22-12-11-19-9-5-1-2-6-10-19)18-17(21)14-7-3-4-8-16(14)23-18/h3-4,7-8,21H,1-2,5-6,9-13H2. The zero-order valence-corrected chi connectivity index (χ0v) is 14.9. The zero-order chi connectivity index (χ0) is 16.1. The molecule has 5 heteroatoms. The number of Topliss-reactive ketones (excluding diaryl/α,β-unsaturated/α-hetero) is 1. The molecule has 3 nitrogen and oxygen atoms in total. The van der Waals surface area contributed by atoms with Gasteiger partial charge in [0, 0.05) is 22.4 Å². The van der Waals surface area contributed by atoms with Crippen molar-refractivity contribution in [1.82, 2.24) is 4.90 Å². The van der Waals surface area contributed by atoms with Crippen LogP contribution in [-0.4, -0.2) is 46.9 Å². The van der Waals surface area contributed by atoms with Gasteiger partial charge in [0.05, 0.1) is 5.75 Å². The number of rotatable bonds is 6. The van der Waals surface area contributed by atoms with Crippen LogP contribution in [0.5, 0.6) is 5.75 Å². The van der Waals surface area contributed by atoms with Crippen molar-refractivity contribution in [2.45, 2.75) is 25.7 Å². The van der Waals surface area contributed by atoms with Gasteiger partial charge in [0.15, 0.2) is 5.78 Å². The molecule has 0 amide bonds. The largest absolute Gasteiger partial charge is 0.506 e. The van der Waals surface area contributed by atoms with Crippen LogP contribution in [0, 0.1) is 0 Å². The minimum absolute atomic E-state index is 0.0459. The third-order valence-electron chi connectivity index (χ3n) is 4.31. The zero-order valence-electron chi connectivity index (χ0n) is 13.3. The molecule has 1 N–H and O–H groups in total. The van der Waals surface area contributed by atoms with Gasteiger partial charge in [-0.15, -0.1) is 11.3 Å². The molecule has 23 heavy (non-hydrogen) atoms. The lowest BCUT2D eigenvalue weighted by Gasteiger charge is -2.18. The van der Waals surface area contributed by atoms with Crippen molar-refractivity contribution in [2.24, 2.45) is 0 Å². The Morgan fingerprint density at radius 3 is 2.65 bits per heavy atom. The van der Waals surface area contributed by atoms with Gasteiger partial charge in [-0.3, -0.25) is 4.79 Å². The highest BCUT2D eigenvalue weighted by Gasteiger charge is 2.17. The minimum atomic E-state index is 0.0459. The number of benzene rings is 1. The summed E-state index contributed by atoms with van der Waals surface area (Å²) in [6.45, 7) is 3.47. The third-order valence-corrected chi connectivity index (χ3v) is 6.44. The Balaban J connectivity index is 1.49. The number of hydrogen-bond acceptors (Lipinski definition) is 5. The monoisotopic (exact) mass is 349 g/mol. The first-order valence-electron chi connectivity index (χ1n) is 8.29. The van der Waals surface area contributed by atoms with Crippen LogP contribution in [0.25, 0.3) is 10.1 Å². The number of fused-ring (bicyclic) bond motifs is 1. The second kappa shape index (κ2) is 8.18. The first kappa shape index (κ1) is 16.8. The quantitative estimate of drug-likeness (QED) is 0.620. The SMILES string of the molecule is O=C(CSCCN1CCCCCC1)c1sc2ccccc2c1O. The summed E-state index contributed by atoms with van der Waals surface area (Å²) < 4.78 is 0.975. The summed E-state index contributed by atoms with van der Waals surface area (Å²) in [5, 5.41) is 11.0. The van der Waals surface area contributed by atoms with Crippen molar-refractivity contribution in [2.75, 3.05) is 31.1 Å². The van der Waals surface area contributed by atoms with E-state index in [9.17, 15) is 9.90 Å². The lowest BCUT2D eigenvalue weighted by molar-refractivity contribution is 0.102. The molecule has 1 aliphatic rings. The fourth-order valence-electron chi connectivity index (χ4n) is 3.00. The summed E-state index contributed by atoms with van der Waals surface area (Å²) in [5.74, 6) is 1.64. The third kappa shape index (κ3) is 4.28. The van der Waals surface area contributed by atoms with Gasteiger partial charge < -0.3 is 10.0 Å². The van der Waals surface area contributed by atoms with Gasteiger partial charge in [0.1, 0.15) is 10.6 Å². The molecule has 0 unspecified atom stereocenters. The number of nitrogens with zero attached hydrogens (tertiary/aromatic N) is 1. The van der Waals surface area contributed by atoms with Gasteiger partial charge in [-0.2, -0.15) is 11.8 Å². The Labute approximate surface area is 145 Å². The van der Waals surface area contributed by atoms with Crippen LogP contribution in [-0.2, 0) is 0 Å². The topological polar surface area (TPSA) is 40.5 Å². The highest BCUT2D eigenvalue weighted by Crippen LogP contribution is 2.37.